The molecule has 2 aromatic rings. The molecule has 2 rings (SSSR count). The highest BCUT2D eigenvalue weighted by atomic mass is 79.9. The molecule has 4 N–H and O–H groups in total. The Morgan fingerprint density at radius 3 is 2.48 bits per heavy atom. The van der Waals surface area contributed by atoms with Crippen molar-refractivity contribution >= 4 is 27.5 Å². The van der Waals surface area contributed by atoms with E-state index in [1.165, 1.54) is 0 Å². The second-order valence-electron chi connectivity index (χ2n) is 4.94. The predicted octanol–water partition coefficient (Wildman–Crippen LogP) is 3.33. The Hall–Kier alpha value is -2.01. The Balaban J connectivity index is 2.19. The van der Waals surface area contributed by atoms with Gasteiger partial charge in [0.2, 0.25) is 5.91 Å². The average molecular weight is 349 g/mol. The zero-order chi connectivity index (χ0) is 15.6. The fourth-order valence-electron chi connectivity index (χ4n) is 2.11. The lowest BCUT2D eigenvalue weighted by atomic mass is 10.1. The Morgan fingerprint density at radius 2 is 1.90 bits per heavy atom. The van der Waals surface area contributed by atoms with Crippen LogP contribution in [0.15, 0.2) is 34.8 Å². The van der Waals surface area contributed by atoms with Gasteiger partial charge in [-0.2, -0.15) is 0 Å². The van der Waals surface area contributed by atoms with E-state index < -0.39 is 5.91 Å². The minimum absolute atomic E-state index is 0.386. The number of benzene rings is 2. The summed E-state index contributed by atoms with van der Waals surface area (Å²) in [5.74, 6) is 0.246. The van der Waals surface area contributed by atoms with E-state index in [0.29, 0.717) is 23.6 Å². The lowest BCUT2D eigenvalue weighted by Crippen LogP contribution is -2.11. The standard InChI is InChI=1S/C16H17BrN2O2/c1-9-5-11(16(19)20)3-4-12(9)8-21-15-10(2)6-13(17)7-14(15)18/h3-7H,8,18H2,1-2H3,(H2,19,20). The average Bonchev–Trinajstić information content (AvgIpc) is 2.38. The van der Waals surface area contributed by atoms with Gasteiger partial charge in [-0.15, -0.1) is 0 Å². The summed E-state index contributed by atoms with van der Waals surface area (Å²) in [6, 6.07) is 9.07. The molecule has 5 heteroatoms. The molecular formula is C16H17BrN2O2. The maximum Gasteiger partial charge on any atom is 0.248 e. The van der Waals surface area contributed by atoms with Crippen LogP contribution in [0.5, 0.6) is 5.75 Å². The van der Waals surface area contributed by atoms with Gasteiger partial charge in [0.1, 0.15) is 12.4 Å². The van der Waals surface area contributed by atoms with E-state index in [4.69, 9.17) is 16.2 Å². The summed E-state index contributed by atoms with van der Waals surface area (Å²) >= 11 is 3.40. The van der Waals surface area contributed by atoms with Gasteiger partial charge in [0.25, 0.3) is 0 Å². The van der Waals surface area contributed by atoms with Crippen molar-refractivity contribution in [2.24, 2.45) is 5.73 Å². The van der Waals surface area contributed by atoms with Crippen molar-refractivity contribution < 1.29 is 9.53 Å². The zero-order valence-corrected chi connectivity index (χ0v) is 13.5. The van der Waals surface area contributed by atoms with Crippen molar-refractivity contribution in [3.05, 3.63) is 57.1 Å². The molecule has 0 aliphatic heterocycles. The van der Waals surface area contributed by atoms with Crippen molar-refractivity contribution in [2.45, 2.75) is 20.5 Å². The van der Waals surface area contributed by atoms with Gasteiger partial charge in [-0.3, -0.25) is 4.79 Å². The number of hydrogen-bond donors (Lipinski definition) is 2. The first-order valence-electron chi connectivity index (χ1n) is 6.46. The third kappa shape index (κ3) is 3.55. The summed E-state index contributed by atoms with van der Waals surface area (Å²) in [5, 5.41) is 0. The minimum atomic E-state index is -0.432. The molecule has 0 saturated heterocycles. The van der Waals surface area contributed by atoms with Crippen LogP contribution in [-0.4, -0.2) is 5.91 Å². The van der Waals surface area contributed by atoms with Gasteiger partial charge in [-0.05, 0) is 54.8 Å². The van der Waals surface area contributed by atoms with Gasteiger partial charge in [-0.1, -0.05) is 22.0 Å². The number of carbonyl (C=O) groups is 1. The number of rotatable bonds is 4. The highest BCUT2D eigenvalue weighted by Gasteiger charge is 2.09. The number of aryl methyl sites for hydroxylation is 2. The number of primary amides is 1. The van der Waals surface area contributed by atoms with Crippen LogP contribution in [0.1, 0.15) is 27.0 Å². The van der Waals surface area contributed by atoms with Gasteiger partial charge < -0.3 is 16.2 Å². The second-order valence-corrected chi connectivity index (χ2v) is 5.85. The summed E-state index contributed by atoms with van der Waals surface area (Å²) in [6.45, 7) is 4.25. The number of hydrogen-bond acceptors (Lipinski definition) is 3. The predicted molar refractivity (Wildman–Crippen MR) is 87.3 cm³/mol. The first-order chi connectivity index (χ1) is 9.88. The van der Waals surface area contributed by atoms with Gasteiger partial charge in [0.05, 0.1) is 5.69 Å². The number of nitrogen functional groups attached to an aromatic ring is 1. The van der Waals surface area contributed by atoms with Crippen LogP contribution in [0.2, 0.25) is 0 Å². The summed E-state index contributed by atoms with van der Waals surface area (Å²) in [7, 11) is 0. The number of anilines is 1. The first kappa shape index (κ1) is 15.4. The SMILES string of the molecule is Cc1cc(C(N)=O)ccc1COc1c(C)cc(Br)cc1N. The highest BCUT2D eigenvalue weighted by molar-refractivity contribution is 9.10. The van der Waals surface area contributed by atoms with Gasteiger partial charge in [-0.25, -0.2) is 0 Å². The van der Waals surface area contributed by atoms with Crippen molar-refractivity contribution in [1.29, 1.82) is 0 Å². The molecule has 0 radical (unpaired) electrons. The lowest BCUT2D eigenvalue weighted by molar-refractivity contribution is 0.1000. The summed E-state index contributed by atoms with van der Waals surface area (Å²) in [6.07, 6.45) is 0. The van der Waals surface area contributed by atoms with Gasteiger partial charge in [0.15, 0.2) is 0 Å². The molecule has 0 unspecified atom stereocenters. The Bertz CT molecular complexity index is 676. The molecule has 0 fully saturated rings. The van der Waals surface area contributed by atoms with E-state index >= 15 is 0 Å². The largest absolute Gasteiger partial charge is 0.486 e. The van der Waals surface area contributed by atoms with E-state index in [9.17, 15) is 4.79 Å². The quantitative estimate of drug-likeness (QED) is 0.831. The molecule has 0 spiro atoms. The molecule has 1 amide bonds. The van der Waals surface area contributed by atoms with Gasteiger partial charge in [0, 0.05) is 10.0 Å². The van der Waals surface area contributed by atoms with Crippen LogP contribution in [0.25, 0.3) is 0 Å². The Morgan fingerprint density at radius 1 is 1.19 bits per heavy atom. The molecule has 0 heterocycles. The topological polar surface area (TPSA) is 78.3 Å². The van der Waals surface area contributed by atoms with E-state index in [-0.39, 0.29) is 0 Å². The fraction of sp³-hybridized carbons (Fsp3) is 0.188. The van der Waals surface area contributed by atoms with Crippen LogP contribution in [0.3, 0.4) is 0 Å². The number of halogens is 1. The second kappa shape index (κ2) is 6.18. The molecular weight excluding hydrogens is 332 g/mol. The van der Waals surface area contributed by atoms with Gasteiger partial charge >= 0.3 is 0 Å². The van der Waals surface area contributed by atoms with Crippen LogP contribution in [0, 0.1) is 13.8 Å². The molecule has 2 aromatic carbocycles. The van der Waals surface area contributed by atoms with E-state index in [1.54, 1.807) is 12.1 Å². The van der Waals surface area contributed by atoms with Crippen LogP contribution < -0.4 is 16.2 Å². The summed E-state index contributed by atoms with van der Waals surface area (Å²) in [4.78, 5) is 11.1. The van der Waals surface area contributed by atoms with Crippen molar-refractivity contribution in [2.75, 3.05) is 5.73 Å². The molecule has 0 aliphatic carbocycles. The van der Waals surface area contributed by atoms with Crippen LogP contribution in [-0.2, 0) is 6.61 Å². The van der Waals surface area contributed by atoms with E-state index in [1.807, 2.05) is 32.0 Å². The van der Waals surface area contributed by atoms with Crippen LogP contribution >= 0.6 is 15.9 Å². The highest BCUT2D eigenvalue weighted by Crippen LogP contribution is 2.30. The molecule has 110 valence electrons. The zero-order valence-electron chi connectivity index (χ0n) is 11.9. The Kier molecular flexibility index (Phi) is 4.53. The first-order valence-corrected chi connectivity index (χ1v) is 7.25. The van der Waals surface area contributed by atoms with Crippen molar-refractivity contribution in [3.63, 3.8) is 0 Å². The molecule has 0 bridgehead atoms. The lowest BCUT2D eigenvalue weighted by Gasteiger charge is -2.14. The normalized spacial score (nSPS) is 10.4. The number of amides is 1. The van der Waals surface area contributed by atoms with Crippen molar-refractivity contribution in [3.8, 4) is 5.75 Å². The molecule has 4 nitrogen and oxygen atoms in total. The maximum absolute atomic E-state index is 11.1. The van der Waals surface area contributed by atoms with Crippen molar-refractivity contribution in [1.82, 2.24) is 0 Å². The molecule has 0 aliphatic rings. The third-order valence-corrected chi connectivity index (χ3v) is 3.73. The third-order valence-electron chi connectivity index (χ3n) is 3.27. The minimum Gasteiger partial charge on any atom is -0.486 e. The van der Waals surface area contributed by atoms with E-state index in [2.05, 4.69) is 15.9 Å². The monoisotopic (exact) mass is 348 g/mol. The maximum atomic E-state index is 11.1. The van der Waals surface area contributed by atoms with Crippen LogP contribution in [0.4, 0.5) is 5.69 Å². The Labute approximate surface area is 132 Å². The number of carbonyl (C=O) groups excluding carboxylic acids is 1. The molecule has 0 aromatic heterocycles. The number of ether oxygens (including phenoxy) is 1. The summed E-state index contributed by atoms with van der Waals surface area (Å²) < 4.78 is 6.75. The summed E-state index contributed by atoms with van der Waals surface area (Å²) in [5.41, 5.74) is 15.2. The number of nitrogens with two attached hydrogens (primary N) is 2. The van der Waals surface area contributed by atoms with E-state index in [0.717, 1.165) is 21.2 Å². The molecule has 0 saturated carbocycles. The molecule has 0 atom stereocenters. The smallest absolute Gasteiger partial charge is 0.248 e. The molecule has 21 heavy (non-hydrogen) atoms. The fourth-order valence-corrected chi connectivity index (χ4v) is 2.70.